The first-order chi connectivity index (χ1) is 14.3. The van der Waals surface area contributed by atoms with Gasteiger partial charge in [-0.25, -0.2) is 8.42 Å². The standard InChI is InChI=1S/C20H17N3O6S/c24-20(19-7-3-11-29-19)22-10-2-4-14-8-9-15(12-18(14)22)21-30(27,28)17-6-1-5-16(13-17)23(25)26/h1,3,5-9,11-13,21H,2,4,10H2. The fourth-order valence-electron chi connectivity index (χ4n) is 3.36. The van der Waals surface area contributed by atoms with Gasteiger partial charge in [0.1, 0.15) is 0 Å². The highest BCUT2D eigenvalue weighted by Gasteiger charge is 2.26. The fraction of sp³-hybridized carbons (Fsp3) is 0.150. The van der Waals surface area contributed by atoms with E-state index in [2.05, 4.69) is 4.72 Å². The molecule has 0 aliphatic carbocycles. The van der Waals surface area contributed by atoms with Crippen molar-refractivity contribution in [2.24, 2.45) is 0 Å². The molecule has 3 aromatic rings. The molecule has 1 N–H and O–H groups in total. The van der Waals surface area contributed by atoms with E-state index >= 15 is 0 Å². The molecule has 0 fully saturated rings. The number of anilines is 2. The molecule has 1 amide bonds. The van der Waals surface area contributed by atoms with Crippen molar-refractivity contribution in [3.05, 3.63) is 82.3 Å². The number of nitrogens with one attached hydrogen (secondary N) is 1. The van der Waals surface area contributed by atoms with Gasteiger partial charge in [-0.1, -0.05) is 12.1 Å². The number of aryl methyl sites for hydroxylation is 1. The Morgan fingerprint density at radius 3 is 2.70 bits per heavy atom. The van der Waals surface area contributed by atoms with E-state index in [1.54, 1.807) is 35.2 Å². The second-order valence-electron chi connectivity index (χ2n) is 6.74. The summed E-state index contributed by atoms with van der Waals surface area (Å²) in [5.74, 6) is -0.106. The van der Waals surface area contributed by atoms with Crippen LogP contribution in [0.15, 0.2) is 70.2 Å². The Morgan fingerprint density at radius 2 is 1.97 bits per heavy atom. The van der Waals surface area contributed by atoms with Crippen molar-refractivity contribution in [2.75, 3.05) is 16.2 Å². The summed E-state index contributed by atoms with van der Waals surface area (Å²) in [5.41, 5.74) is 1.44. The third-order valence-electron chi connectivity index (χ3n) is 4.77. The van der Waals surface area contributed by atoms with Gasteiger partial charge in [-0.05, 0) is 48.7 Å². The fourth-order valence-corrected chi connectivity index (χ4v) is 4.45. The molecule has 0 spiro atoms. The van der Waals surface area contributed by atoms with E-state index in [0.717, 1.165) is 24.5 Å². The van der Waals surface area contributed by atoms with Gasteiger partial charge in [0.15, 0.2) is 5.76 Å². The lowest BCUT2D eigenvalue weighted by Gasteiger charge is -2.29. The van der Waals surface area contributed by atoms with E-state index in [1.165, 1.54) is 24.5 Å². The SMILES string of the molecule is O=C(c1ccco1)N1CCCc2ccc(NS(=O)(=O)c3cccc([N+](=O)[O-])c3)cc21. The highest BCUT2D eigenvalue weighted by molar-refractivity contribution is 7.92. The smallest absolute Gasteiger partial charge is 0.293 e. The van der Waals surface area contributed by atoms with Crippen LogP contribution < -0.4 is 9.62 Å². The van der Waals surface area contributed by atoms with Crippen LogP contribution in [0.4, 0.5) is 17.1 Å². The van der Waals surface area contributed by atoms with Crippen LogP contribution in [0.25, 0.3) is 0 Å². The minimum absolute atomic E-state index is 0.199. The van der Waals surface area contributed by atoms with Gasteiger partial charge in [0.2, 0.25) is 0 Å². The van der Waals surface area contributed by atoms with Crippen LogP contribution in [0, 0.1) is 10.1 Å². The Bertz CT molecular complexity index is 1220. The number of fused-ring (bicyclic) bond motifs is 1. The van der Waals surface area contributed by atoms with E-state index in [1.807, 2.05) is 0 Å². The van der Waals surface area contributed by atoms with Crippen LogP contribution >= 0.6 is 0 Å². The third kappa shape index (κ3) is 3.77. The zero-order valence-corrected chi connectivity index (χ0v) is 16.5. The van der Waals surface area contributed by atoms with Crippen LogP contribution in [0.2, 0.25) is 0 Å². The largest absolute Gasteiger partial charge is 0.459 e. The number of nitro benzene ring substituents is 1. The molecule has 0 unspecified atom stereocenters. The number of benzene rings is 2. The van der Waals surface area contributed by atoms with Crippen LogP contribution in [-0.4, -0.2) is 25.8 Å². The van der Waals surface area contributed by atoms with Crippen LogP contribution in [0.3, 0.4) is 0 Å². The lowest BCUT2D eigenvalue weighted by molar-refractivity contribution is -0.385. The molecule has 1 aromatic heterocycles. The predicted octanol–water partition coefficient (Wildman–Crippen LogP) is 3.58. The number of hydrogen-bond acceptors (Lipinski definition) is 6. The molecule has 30 heavy (non-hydrogen) atoms. The maximum Gasteiger partial charge on any atom is 0.293 e. The molecule has 154 valence electrons. The molecule has 10 heteroatoms. The number of hydrogen-bond donors (Lipinski definition) is 1. The molecule has 0 saturated carbocycles. The molecule has 4 rings (SSSR count). The topological polar surface area (TPSA) is 123 Å². The van der Waals surface area contributed by atoms with E-state index in [9.17, 15) is 23.3 Å². The van der Waals surface area contributed by atoms with E-state index in [-0.39, 0.29) is 27.9 Å². The van der Waals surface area contributed by atoms with Gasteiger partial charge in [0.25, 0.3) is 21.6 Å². The van der Waals surface area contributed by atoms with E-state index < -0.39 is 14.9 Å². The molecule has 0 saturated heterocycles. The van der Waals surface area contributed by atoms with Crippen molar-refractivity contribution < 1.29 is 22.6 Å². The van der Waals surface area contributed by atoms with Crippen molar-refractivity contribution in [1.29, 1.82) is 0 Å². The van der Waals surface area contributed by atoms with Gasteiger partial charge in [0, 0.05) is 24.4 Å². The average Bonchev–Trinajstić information content (AvgIpc) is 3.27. The first-order valence-electron chi connectivity index (χ1n) is 9.11. The summed E-state index contributed by atoms with van der Waals surface area (Å²) in [7, 11) is -4.05. The number of furan rings is 1. The summed E-state index contributed by atoms with van der Waals surface area (Å²) < 4.78 is 33.1. The third-order valence-corrected chi connectivity index (χ3v) is 6.15. The molecule has 2 heterocycles. The summed E-state index contributed by atoms with van der Waals surface area (Å²) in [4.78, 5) is 24.4. The van der Waals surface area contributed by atoms with Crippen LogP contribution in [0.1, 0.15) is 22.5 Å². The summed E-state index contributed by atoms with van der Waals surface area (Å²) in [6.07, 6.45) is 2.95. The molecular weight excluding hydrogens is 410 g/mol. The van der Waals surface area contributed by atoms with E-state index in [0.29, 0.717) is 12.2 Å². The van der Waals surface area contributed by atoms with Crippen molar-refractivity contribution >= 4 is 33.0 Å². The molecule has 1 aliphatic rings. The number of sulfonamides is 1. The number of non-ortho nitro benzene ring substituents is 1. The van der Waals surface area contributed by atoms with Gasteiger partial charge in [-0.3, -0.25) is 19.6 Å². The van der Waals surface area contributed by atoms with Gasteiger partial charge >= 0.3 is 0 Å². The Kier molecular flexibility index (Phi) is 5.00. The number of amides is 1. The van der Waals surface area contributed by atoms with Gasteiger partial charge < -0.3 is 9.32 Å². The van der Waals surface area contributed by atoms with Crippen LogP contribution in [0.5, 0.6) is 0 Å². The van der Waals surface area contributed by atoms with Crippen molar-refractivity contribution in [1.82, 2.24) is 0 Å². The molecule has 2 aromatic carbocycles. The summed E-state index contributed by atoms with van der Waals surface area (Å²) in [6.45, 7) is 0.480. The second kappa shape index (κ2) is 7.64. The molecule has 9 nitrogen and oxygen atoms in total. The minimum atomic E-state index is -4.05. The Morgan fingerprint density at radius 1 is 1.13 bits per heavy atom. The Labute approximate surface area is 172 Å². The van der Waals surface area contributed by atoms with Crippen molar-refractivity contribution in [3.63, 3.8) is 0 Å². The summed E-state index contributed by atoms with van der Waals surface area (Å²) >= 11 is 0. The first kappa shape index (κ1) is 19.6. The molecule has 1 aliphatic heterocycles. The lowest BCUT2D eigenvalue weighted by atomic mass is 10.0. The molecular formula is C20H17N3O6S. The molecule has 0 radical (unpaired) electrons. The number of rotatable bonds is 5. The zero-order chi connectivity index (χ0) is 21.3. The van der Waals surface area contributed by atoms with Gasteiger partial charge in [0.05, 0.1) is 21.8 Å². The molecule has 0 bridgehead atoms. The summed E-state index contributed by atoms with van der Waals surface area (Å²) in [6, 6.07) is 13.0. The quantitative estimate of drug-likeness (QED) is 0.490. The number of carbonyl (C=O) groups is 1. The first-order valence-corrected chi connectivity index (χ1v) is 10.6. The van der Waals surface area contributed by atoms with Gasteiger partial charge in [-0.15, -0.1) is 0 Å². The Balaban J connectivity index is 1.65. The normalized spacial score (nSPS) is 13.5. The monoisotopic (exact) mass is 427 g/mol. The number of nitrogens with zero attached hydrogens (tertiary/aromatic N) is 2. The van der Waals surface area contributed by atoms with Gasteiger partial charge in [-0.2, -0.15) is 0 Å². The maximum absolute atomic E-state index is 12.8. The predicted molar refractivity (Wildman–Crippen MR) is 109 cm³/mol. The summed E-state index contributed by atoms with van der Waals surface area (Å²) in [5, 5.41) is 10.9. The highest BCUT2D eigenvalue weighted by atomic mass is 32.2. The molecule has 0 atom stereocenters. The second-order valence-corrected chi connectivity index (χ2v) is 8.42. The van der Waals surface area contributed by atoms with Crippen molar-refractivity contribution in [2.45, 2.75) is 17.7 Å². The lowest BCUT2D eigenvalue weighted by Crippen LogP contribution is -2.35. The van der Waals surface area contributed by atoms with Crippen molar-refractivity contribution in [3.8, 4) is 0 Å². The van der Waals surface area contributed by atoms with Crippen LogP contribution in [-0.2, 0) is 16.4 Å². The number of nitro groups is 1. The highest BCUT2D eigenvalue weighted by Crippen LogP contribution is 2.32. The number of carbonyl (C=O) groups excluding carboxylic acids is 1. The average molecular weight is 427 g/mol. The maximum atomic E-state index is 12.8. The van der Waals surface area contributed by atoms with E-state index in [4.69, 9.17) is 4.42 Å². The minimum Gasteiger partial charge on any atom is -0.459 e. The zero-order valence-electron chi connectivity index (χ0n) is 15.6. The Hall–Kier alpha value is -3.66.